The molecule has 1 aromatic carbocycles. The molecule has 0 radical (unpaired) electrons. The summed E-state index contributed by atoms with van der Waals surface area (Å²) >= 11 is 1.15. The summed E-state index contributed by atoms with van der Waals surface area (Å²) < 4.78 is 3.96. The fraction of sp³-hybridized carbons (Fsp3) is 0.357. The second kappa shape index (κ2) is 4.63. The number of amides is 1. The lowest BCUT2D eigenvalue weighted by atomic mass is 10.0. The van der Waals surface area contributed by atoms with E-state index in [1.807, 2.05) is 31.2 Å². The number of hydrogen-bond donors (Lipinski definition) is 1. The number of carbonyl (C=O) groups excluding carboxylic acids is 2. The van der Waals surface area contributed by atoms with Crippen molar-refractivity contribution >= 4 is 34.5 Å². The molecule has 20 heavy (non-hydrogen) atoms. The molecule has 1 spiro atoms. The molecule has 2 fully saturated rings. The predicted octanol–water partition coefficient (Wildman–Crippen LogP) is 1.92. The first kappa shape index (κ1) is 13.2. The van der Waals surface area contributed by atoms with Gasteiger partial charge < -0.3 is 10.1 Å². The summed E-state index contributed by atoms with van der Waals surface area (Å²) in [5.74, 6) is -0.802. The zero-order valence-corrected chi connectivity index (χ0v) is 12.0. The Labute approximate surface area is 120 Å². The van der Waals surface area contributed by atoms with Gasteiger partial charge in [-0.05, 0) is 26.0 Å². The van der Waals surface area contributed by atoms with Crippen molar-refractivity contribution in [3.63, 3.8) is 0 Å². The maximum atomic E-state index is 12.1. The van der Waals surface area contributed by atoms with Crippen molar-refractivity contribution in [1.82, 2.24) is 5.32 Å². The van der Waals surface area contributed by atoms with E-state index < -0.39 is 10.7 Å². The molecule has 0 aromatic heterocycles. The Balaban J connectivity index is 1.87. The van der Waals surface area contributed by atoms with Crippen molar-refractivity contribution in [1.29, 1.82) is 0 Å². The Kier molecular flexibility index (Phi) is 3.05. The number of thioether (sulfide) groups is 1. The topological polar surface area (TPSA) is 67.8 Å². The molecular weight excluding hydrogens is 276 g/mol. The number of amidine groups is 1. The van der Waals surface area contributed by atoms with Gasteiger partial charge in [-0.15, -0.1) is 0 Å². The van der Waals surface area contributed by atoms with Crippen molar-refractivity contribution in [3.05, 3.63) is 29.8 Å². The maximum Gasteiger partial charge on any atom is 0.332 e. The summed E-state index contributed by atoms with van der Waals surface area (Å²) in [6, 6.07) is 7.64. The van der Waals surface area contributed by atoms with E-state index in [2.05, 4.69) is 10.3 Å². The minimum absolute atomic E-state index is 0.237. The second-order valence-corrected chi connectivity index (χ2v) is 6.34. The van der Waals surface area contributed by atoms with Crippen LogP contribution in [0.15, 0.2) is 29.3 Å². The van der Waals surface area contributed by atoms with Crippen LogP contribution in [0.5, 0.6) is 0 Å². The van der Waals surface area contributed by atoms with Crippen LogP contribution in [-0.4, -0.2) is 27.9 Å². The maximum absolute atomic E-state index is 12.1. The van der Waals surface area contributed by atoms with Crippen molar-refractivity contribution < 1.29 is 14.3 Å². The average molecular weight is 290 g/mol. The monoisotopic (exact) mass is 290 g/mol. The van der Waals surface area contributed by atoms with Crippen LogP contribution in [0.25, 0.3) is 0 Å². The number of benzene rings is 1. The van der Waals surface area contributed by atoms with Gasteiger partial charge in [0.15, 0.2) is 5.17 Å². The molecule has 2 saturated heterocycles. The summed E-state index contributed by atoms with van der Waals surface area (Å²) in [6.45, 7) is 3.78. The molecular formula is C14H14N2O3S. The van der Waals surface area contributed by atoms with Crippen molar-refractivity contribution in [2.75, 3.05) is 0 Å². The van der Waals surface area contributed by atoms with Crippen LogP contribution in [0.2, 0.25) is 0 Å². The van der Waals surface area contributed by atoms with E-state index in [9.17, 15) is 9.59 Å². The minimum atomic E-state index is -1.15. The highest BCUT2D eigenvalue weighted by molar-refractivity contribution is 8.17. The van der Waals surface area contributed by atoms with Crippen LogP contribution in [0.3, 0.4) is 0 Å². The molecule has 1 N–H and O–H groups in total. The number of rotatable bonds is 1. The number of carbonyl (C=O) groups is 2. The van der Waals surface area contributed by atoms with Crippen LogP contribution in [-0.2, 0) is 14.3 Å². The molecule has 6 heteroatoms. The Morgan fingerprint density at radius 1 is 1.35 bits per heavy atom. The smallest absolute Gasteiger partial charge is 0.332 e. The Morgan fingerprint density at radius 3 is 2.65 bits per heavy atom. The third-order valence-corrected chi connectivity index (χ3v) is 4.59. The van der Waals surface area contributed by atoms with Crippen LogP contribution in [0.1, 0.15) is 18.9 Å². The van der Waals surface area contributed by atoms with Gasteiger partial charge >= 0.3 is 5.97 Å². The molecule has 104 valence electrons. The molecule has 0 aliphatic carbocycles. The zero-order valence-electron chi connectivity index (χ0n) is 11.2. The fourth-order valence-electron chi connectivity index (χ4n) is 2.30. The van der Waals surface area contributed by atoms with Crippen LogP contribution in [0.4, 0.5) is 5.69 Å². The van der Waals surface area contributed by atoms with Gasteiger partial charge in [0.2, 0.25) is 4.75 Å². The second-order valence-electron chi connectivity index (χ2n) is 5.06. The van der Waals surface area contributed by atoms with Gasteiger partial charge in [-0.3, -0.25) is 4.79 Å². The molecule has 2 heterocycles. The molecule has 3 rings (SSSR count). The van der Waals surface area contributed by atoms with Gasteiger partial charge in [0.05, 0.1) is 5.69 Å². The summed E-state index contributed by atoms with van der Waals surface area (Å²) in [6.07, 6.45) is 0.148. The molecule has 0 unspecified atom stereocenters. The Hall–Kier alpha value is -1.82. The first-order valence-corrected chi connectivity index (χ1v) is 7.18. The lowest BCUT2D eigenvalue weighted by Crippen LogP contribution is -2.40. The SMILES string of the molecule is Cc1ccc(N=C2NC(=O)[C@@]3(C[C@@H](C)OC3=O)S2)cc1. The summed E-state index contributed by atoms with van der Waals surface area (Å²) in [5, 5.41) is 3.12. The van der Waals surface area contributed by atoms with Gasteiger partial charge in [-0.1, -0.05) is 29.5 Å². The molecule has 1 aromatic rings. The molecule has 2 atom stereocenters. The van der Waals surface area contributed by atoms with Crippen molar-refractivity contribution in [2.24, 2.45) is 4.99 Å². The van der Waals surface area contributed by atoms with Gasteiger partial charge in [0.25, 0.3) is 5.91 Å². The zero-order chi connectivity index (χ0) is 14.3. The quantitative estimate of drug-likeness (QED) is 0.634. The highest BCUT2D eigenvalue weighted by atomic mass is 32.2. The van der Waals surface area contributed by atoms with E-state index in [0.717, 1.165) is 23.0 Å². The number of esters is 1. The normalized spacial score (nSPS) is 30.9. The number of aryl methyl sites for hydroxylation is 1. The van der Waals surface area contributed by atoms with E-state index in [1.165, 1.54) is 0 Å². The average Bonchev–Trinajstić information content (AvgIpc) is 2.84. The predicted molar refractivity (Wildman–Crippen MR) is 76.9 cm³/mol. The van der Waals surface area contributed by atoms with E-state index in [0.29, 0.717) is 11.6 Å². The number of ether oxygens (including phenoxy) is 1. The van der Waals surface area contributed by atoms with E-state index in [4.69, 9.17) is 4.74 Å². The molecule has 5 nitrogen and oxygen atoms in total. The van der Waals surface area contributed by atoms with Crippen LogP contribution in [0, 0.1) is 6.92 Å². The van der Waals surface area contributed by atoms with Gasteiger partial charge in [-0.2, -0.15) is 0 Å². The summed E-state index contributed by atoms with van der Waals surface area (Å²) in [7, 11) is 0. The summed E-state index contributed by atoms with van der Waals surface area (Å²) in [5.41, 5.74) is 1.89. The van der Waals surface area contributed by atoms with Crippen molar-refractivity contribution in [2.45, 2.75) is 31.1 Å². The highest BCUT2D eigenvalue weighted by Gasteiger charge is 2.59. The van der Waals surface area contributed by atoms with E-state index >= 15 is 0 Å². The number of cyclic esters (lactones) is 1. The first-order chi connectivity index (χ1) is 9.49. The molecule has 0 bridgehead atoms. The van der Waals surface area contributed by atoms with Crippen molar-refractivity contribution in [3.8, 4) is 0 Å². The van der Waals surface area contributed by atoms with Gasteiger partial charge in [0.1, 0.15) is 6.10 Å². The fourth-order valence-corrected chi connectivity index (χ4v) is 3.52. The molecule has 0 saturated carbocycles. The van der Waals surface area contributed by atoms with Crippen LogP contribution >= 0.6 is 11.8 Å². The molecule has 1 amide bonds. The van der Waals surface area contributed by atoms with E-state index in [1.54, 1.807) is 6.92 Å². The number of hydrogen-bond acceptors (Lipinski definition) is 5. The Bertz CT molecular complexity index is 611. The molecule has 2 aliphatic heterocycles. The Morgan fingerprint density at radius 2 is 2.05 bits per heavy atom. The third-order valence-electron chi connectivity index (χ3n) is 3.34. The minimum Gasteiger partial charge on any atom is -0.461 e. The van der Waals surface area contributed by atoms with Crippen LogP contribution < -0.4 is 5.32 Å². The lowest BCUT2D eigenvalue weighted by Gasteiger charge is -2.10. The van der Waals surface area contributed by atoms with Gasteiger partial charge in [-0.25, -0.2) is 9.79 Å². The highest BCUT2D eigenvalue weighted by Crippen LogP contribution is 2.42. The van der Waals surface area contributed by atoms with Gasteiger partial charge in [0, 0.05) is 6.42 Å². The largest absolute Gasteiger partial charge is 0.461 e. The molecule has 2 aliphatic rings. The number of nitrogens with one attached hydrogen (secondary N) is 1. The first-order valence-electron chi connectivity index (χ1n) is 6.36. The number of nitrogens with zero attached hydrogens (tertiary/aromatic N) is 1. The third kappa shape index (κ3) is 2.10. The number of aliphatic imine (C=N–C) groups is 1. The lowest BCUT2D eigenvalue weighted by molar-refractivity contribution is -0.144. The standard InChI is InChI=1S/C14H14N2O3S/c1-8-3-5-10(6-4-8)15-13-16-11(17)14(20-13)7-9(2)19-12(14)18/h3-6,9H,7H2,1-2H3,(H,15,16,17)/t9-,14-/m1/s1. The summed E-state index contributed by atoms with van der Waals surface area (Å²) in [4.78, 5) is 28.4. The van der Waals surface area contributed by atoms with E-state index in [-0.39, 0.29) is 12.0 Å².